The van der Waals surface area contributed by atoms with Crippen LogP contribution in [-0.4, -0.2) is 5.78 Å². The lowest BCUT2D eigenvalue weighted by atomic mass is 9.76. The highest BCUT2D eigenvalue weighted by Gasteiger charge is 2.37. The second-order valence-corrected chi connectivity index (χ2v) is 4.80. The summed E-state index contributed by atoms with van der Waals surface area (Å²) in [5.74, 6) is 2.80. The number of fused-ring (bicyclic) bond motifs is 1. The normalized spacial score (nSPS) is 38.4. The molecule has 0 heterocycles. The van der Waals surface area contributed by atoms with Crippen LogP contribution in [0.5, 0.6) is 0 Å². The lowest BCUT2D eigenvalue weighted by molar-refractivity contribution is -0.121. The van der Waals surface area contributed by atoms with Crippen molar-refractivity contribution in [2.24, 2.45) is 23.7 Å². The van der Waals surface area contributed by atoms with Gasteiger partial charge in [-0.2, -0.15) is 0 Å². The molecule has 0 N–H and O–H groups in total. The lowest BCUT2D eigenvalue weighted by Crippen LogP contribution is -2.23. The molecule has 2 aliphatic carbocycles. The molecule has 2 rings (SSSR count). The zero-order valence-electron chi connectivity index (χ0n) is 8.49. The first kappa shape index (κ1) is 8.98. The van der Waals surface area contributed by atoms with Crippen LogP contribution in [0.25, 0.3) is 0 Å². The Hall–Kier alpha value is -0.590. The lowest BCUT2D eigenvalue weighted by Gasteiger charge is -2.27. The van der Waals surface area contributed by atoms with E-state index >= 15 is 0 Å². The average Bonchev–Trinajstić information content (AvgIpc) is 2.47. The molecule has 1 nitrogen and oxygen atoms in total. The molecule has 0 amide bonds. The molecular weight excluding hydrogens is 160 g/mol. The van der Waals surface area contributed by atoms with Gasteiger partial charge in [0.15, 0.2) is 0 Å². The van der Waals surface area contributed by atoms with Gasteiger partial charge in [0, 0.05) is 12.3 Å². The molecule has 0 aromatic carbocycles. The molecule has 0 unspecified atom stereocenters. The van der Waals surface area contributed by atoms with Crippen LogP contribution in [0.4, 0.5) is 0 Å². The highest BCUT2D eigenvalue weighted by molar-refractivity contribution is 5.84. The van der Waals surface area contributed by atoms with Crippen molar-refractivity contribution in [3.63, 3.8) is 0 Å². The summed E-state index contributed by atoms with van der Waals surface area (Å²) in [6, 6.07) is 0. The monoisotopic (exact) mass is 178 g/mol. The molecule has 0 aromatic rings. The Morgan fingerprint density at radius 3 is 2.85 bits per heavy atom. The number of ketones is 1. The van der Waals surface area contributed by atoms with Gasteiger partial charge in [-0.05, 0) is 30.6 Å². The molecule has 0 spiro atoms. The highest BCUT2D eigenvalue weighted by atomic mass is 16.1. The Bertz CT molecular complexity index is 240. The van der Waals surface area contributed by atoms with Crippen LogP contribution >= 0.6 is 0 Å². The van der Waals surface area contributed by atoms with Gasteiger partial charge < -0.3 is 0 Å². The van der Waals surface area contributed by atoms with Crippen LogP contribution in [0.3, 0.4) is 0 Å². The molecule has 13 heavy (non-hydrogen) atoms. The summed E-state index contributed by atoms with van der Waals surface area (Å²) >= 11 is 0. The Kier molecular flexibility index (Phi) is 2.27. The molecule has 3 atom stereocenters. The average molecular weight is 178 g/mol. The molecule has 0 saturated heterocycles. The van der Waals surface area contributed by atoms with Crippen molar-refractivity contribution < 1.29 is 4.79 Å². The fourth-order valence-electron chi connectivity index (χ4n) is 2.62. The van der Waals surface area contributed by atoms with E-state index < -0.39 is 0 Å². The molecule has 1 fully saturated rings. The molecule has 0 bridgehead atoms. The zero-order chi connectivity index (χ0) is 9.42. The molecule has 2 aliphatic rings. The molecule has 1 saturated carbocycles. The highest BCUT2D eigenvalue weighted by Crippen LogP contribution is 2.40. The van der Waals surface area contributed by atoms with Crippen LogP contribution < -0.4 is 0 Å². The van der Waals surface area contributed by atoms with Gasteiger partial charge >= 0.3 is 0 Å². The minimum absolute atomic E-state index is 0.373. The summed E-state index contributed by atoms with van der Waals surface area (Å²) < 4.78 is 0. The Morgan fingerprint density at radius 1 is 1.38 bits per heavy atom. The number of hydrogen-bond donors (Lipinski definition) is 0. The Balaban J connectivity index is 2.12. The third-order valence-corrected chi connectivity index (χ3v) is 3.64. The summed E-state index contributed by atoms with van der Waals surface area (Å²) in [6.45, 7) is 4.49. The number of rotatable bonds is 1. The van der Waals surface area contributed by atoms with Gasteiger partial charge in [0.25, 0.3) is 0 Å². The van der Waals surface area contributed by atoms with Crippen LogP contribution in [-0.2, 0) is 4.79 Å². The van der Waals surface area contributed by atoms with Gasteiger partial charge in [0.05, 0.1) is 0 Å². The van der Waals surface area contributed by atoms with E-state index in [9.17, 15) is 4.79 Å². The maximum absolute atomic E-state index is 11.5. The minimum atomic E-state index is 0.373. The molecule has 0 aromatic heterocycles. The number of allylic oxidation sites excluding steroid dienone is 2. The van der Waals surface area contributed by atoms with E-state index in [0.717, 1.165) is 19.3 Å². The van der Waals surface area contributed by atoms with Crippen molar-refractivity contribution in [3.05, 3.63) is 12.2 Å². The topological polar surface area (TPSA) is 17.1 Å². The first-order valence-electron chi connectivity index (χ1n) is 5.39. The first-order chi connectivity index (χ1) is 6.18. The molecule has 0 aliphatic heterocycles. The van der Waals surface area contributed by atoms with Crippen LogP contribution in [0.15, 0.2) is 12.2 Å². The van der Waals surface area contributed by atoms with E-state index in [1.54, 1.807) is 0 Å². The maximum Gasteiger partial charge on any atom is 0.136 e. The van der Waals surface area contributed by atoms with E-state index in [1.807, 2.05) is 0 Å². The summed E-state index contributed by atoms with van der Waals surface area (Å²) in [5, 5.41) is 0. The Morgan fingerprint density at radius 2 is 2.15 bits per heavy atom. The number of hydrogen-bond acceptors (Lipinski definition) is 1. The van der Waals surface area contributed by atoms with E-state index in [4.69, 9.17) is 0 Å². The minimum Gasteiger partial charge on any atom is -0.299 e. The van der Waals surface area contributed by atoms with Crippen molar-refractivity contribution in [1.29, 1.82) is 0 Å². The maximum atomic E-state index is 11.5. The van der Waals surface area contributed by atoms with E-state index in [0.29, 0.717) is 29.5 Å². The summed E-state index contributed by atoms with van der Waals surface area (Å²) in [7, 11) is 0. The van der Waals surface area contributed by atoms with E-state index in [2.05, 4.69) is 26.0 Å². The predicted molar refractivity (Wildman–Crippen MR) is 53.3 cm³/mol. The molecule has 1 heteroatoms. The second kappa shape index (κ2) is 3.28. The Labute approximate surface area is 80.2 Å². The van der Waals surface area contributed by atoms with Crippen molar-refractivity contribution in [3.8, 4) is 0 Å². The quantitative estimate of drug-likeness (QED) is 0.564. The number of Topliss-reactive ketones (excluding diaryl/α,β-unsaturated/α-hetero) is 1. The summed E-state index contributed by atoms with van der Waals surface area (Å²) in [5.41, 5.74) is 0. The standard InChI is InChI=1S/C12H18O/c1-8(2)10-4-3-9-5-6-12(13)11(9)7-10/h3-4,8-11H,5-7H2,1-2H3/t9-,10-,11+/m1/s1. The second-order valence-electron chi connectivity index (χ2n) is 4.80. The third kappa shape index (κ3) is 1.56. The SMILES string of the molecule is CC(C)[C@@H]1C=C[C@@H]2CCC(=O)[C@H]2C1. The summed E-state index contributed by atoms with van der Waals surface area (Å²) in [4.78, 5) is 11.5. The van der Waals surface area contributed by atoms with Crippen molar-refractivity contribution in [2.75, 3.05) is 0 Å². The fourth-order valence-corrected chi connectivity index (χ4v) is 2.62. The number of carbonyl (C=O) groups excluding carboxylic acids is 1. The largest absolute Gasteiger partial charge is 0.299 e. The van der Waals surface area contributed by atoms with Crippen molar-refractivity contribution >= 4 is 5.78 Å². The number of carbonyl (C=O) groups is 1. The predicted octanol–water partition coefficient (Wildman–Crippen LogP) is 2.81. The van der Waals surface area contributed by atoms with Crippen LogP contribution in [0.1, 0.15) is 33.1 Å². The van der Waals surface area contributed by atoms with Gasteiger partial charge in [0.2, 0.25) is 0 Å². The first-order valence-corrected chi connectivity index (χ1v) is 5.39. The van der Waals surface area contributed by atoms with Gasteiger partial charge in [-0.3, -0.25) is 4.79 Å². The molecule has 72 valence electrons. The smallest absolute Gasteiger partial charge is 0.136 e. The third-order valence-electron chi connectivity index (χ3n) is 3.64. The van der Waals surface area contributed by atoms with E-state index in [-0.39, 0.29) is 0 Å². The van der Waals surface area contributed by atoms with Gasteiger partial charge in [0.1, 0.15) is 5.78 Å². The zero-order valence-corrected chi connectivity index (χ0v) is 8.49. The van der Waals surface area contributed by atoms with Crippen LogP contribution in [0, 0.1) is 23.7 Å². The van der Waals surface area contributed by atoms with Crippen LogP contribution in [0.2, 0.25) is 0 Å². The summed E-state index contributed by atoms with van der Waals surface area (Å²) in [6.07, 6.45) is 7.67. The van der Waals surface area contributed by atoms with Crippen molar-refractivity contribution in [2.45, 2.75) is 33.1 Å². The van der Waals surface area contributed by atoms with Gasteiger partial charge in [-0.15, -0.1) is 0 Å². The molecular formula is C12H18O. The molecule has 0 radical (unpaired) electrons. The van der Waals surface area contributed by atoms with Gasteiger partial charge in [-0.1, -0.05) is 26.0 Å². The fraction of sp³-hybridized carbons (Fsp3) is 0.750. The van der Waals surface area contributed by atoms with Crippen molar-refractivity contribution in [1.82, 2.24) is 0 Å². The van der Waals surface area contributed by atoms with Gasteiger partial charge in [-0.25, -0.2) is 0 Å². The van der Waals surface area contributed by atoms with E-state index in [1.165, 1.54) is 0 Å².